The van der Waals surface area contributed by atoms with Crippen LogP contribution >= 0.6 is 24.0 Å². The second-order valence-corrected chi connectivity index (χ2v) is 7.97. The van der Waals surface area contributed by atoms with E-state index in [9.17, 15) is 0 Å². The first-order valence-electron chi connectivity index (χ1n) is 8.81. The van der Waals surface area contributed by atoms with Gasteiger partial charge < -0.3 is 19.7 Å². The highest BCUT2D eigenvalue weighted by molar-refractivity contribution is 7.99. The molecule has 0 unspecified atom stereocenters. The fourth-order valence-corrected chi connectivity index (χ4v) is 4.82. The predicted octanol–water partition coefficient (Wildman–Crippen LogP) is 2.91. The quantitative estimate of drug-likeness (QED) is 0.804. The van der Waals surface area contributed by atoms with Gasteiger partial charge in [-0.1, -0.05) is 0 Å². The van der Waals surface area contributed by atoms with Crippen molar-refractivity contribution in [3.63, 3.8) is 0 Å². The lowest BCUT2D eigenvalue weighted by atomic mass is 10.1. The lowest BCUT2D eigenvalue weighted by Gasteiger charge is -2.41. The molecule has 0 aliphatic carbocycles. The summed E-state index contributed by atoms with van der Waals surface area (Å²) in [6.07, 6.45) is 2.66. The number of thioether (sulfide) groups is 1. The molecular weight excluding hydrogens is 354 g/mol. The molecule has 0 amide bonds. The van der Waals surface area contributed by atoms with Gasteiger partial charge in [-0.2, -0.15) is 11.8 Å². The summed E-state index contributed by atoms with van der Waals surface area (Å²) in [5.41, 5.74) is 0.846. The molecule has 2 saturated heterocycles. The second kappa shape index (κ2) is 8.96. The van der Waals surface area contributed by atoms with Crippen LogP contribution in [0.1, 0.15) is 12.8 Å². The standard InChI is InChI=1S/C18H27N3O2S2/c1-22-15-3-4-17(23-2)16(13-15)19-18(24)21-9-7-20(8-10-21)14-5-11-25-12-6-14/h3-4,13-14H,5-12H2,1-2H3,(H,19,24). The Morgan fingerprint density at radius 2 is 1.84 bits per heavy atom. The van der Waals surface area contributed by atoms with Gasteiger partial charge in [0.05, 0.1) is 19.9 Å². The molecule has 3 rings (SSSR count). The molecule has 2 aliphatic heterocycles. The minimum Gasteiger partial charge on any atom is -0.497 e. The van der Waals surface area contributed by atoms with Crippen LogP contribution in [0.5, 0.6) is 11.5 Å². The third-order valence-corrected chi connectivity index (χ3v) is 6.37. The van der Waals surface area contributed by atoms with Crippen LogP contribution in [0.3, 0.4) is 0 Å². The van der Waals surface area contributed by atoms with Crippen LogP contribution in [0.2, 0.25) is 0 Å². The number of thiocarbonyl (C=S) groups is 1. The molecule has 1 aromatic carbocycles. The Morgan fingerprint density at radius 3 is 2.48 bits per heavy atom. The number of rotatable bonds is 4. The van der Waals surface area contributed by atoms with E-state index in [0.717, 1.165) is 54.5 Å². The maximum atomic E-state index is 5.63. The van der Waals surface area contributed by atoms with Gasteiger partial charge >= 0.3 is 0 Å². The molecule has 0 spiro atoms. The molecule has 1 N–H and O–H groups in total. The van der Waals surface area contributed by atoms with Crippen molar-refractivity contribution in [2.75, 3.05) is 57.2 Å². The van der Waals surface area contributed by atoms with Crippen molar-refractivity contribution in [3.05, 3.63) is 18.2 Å². The first kappa shape index (κ1) is 18.6. The van der Waals surface area contributed by atoms with E-state index in [0.29, 0.717) is 0 Å². The molecule has 25 heavy (non-hydrogen) atoms. The zero-order chi connectivity index (χ0) is 17.6. The molecule has 2 fully saturated rings. The largest absolute Gasteiger partial charge is 0.497 e. The Bertz CT molecular complexity index is 586. The summed E-state index contributed by atoms with van der Waals surface area (Å²) < 4.78 is 10.7. The molecule has 138 valence electrons. The Hall–Kier alpha value is -1.18. The third-order valence-electron chi connectivity index (χ3n) is 4.96. The molecular formula is C18H27N3O2S2. The van der Waals surface area contributed by atoms with Gasteiger partial charge in [-0.15, -0.1) is 0 Å². The topological polar surface area (TPSA) is 37.0 Å². The maximum Gasteiger partial charge on any atom is 0.173 e. The number of hydrogen-bond donors (Lipinski definition) is 1. The number of piperazine rings is 1. The van der Waals surface area contributed by atoms with Crippen LogP contribution in [0, 0.1) is 0 Å². The molecule has 5 nitrogen and oxygen atoms in total. The Kier molecular flexibility index (Phi) is 6.67. The highest BCUT2D eigenvalue weighted by Crippen LogP contribution is 2.29. The Labute approximate surface area is 160 Å². The van der Waals surface area contributed by atoms with E-state index in [-0.39, 0.29) is 0 Å². The SMILES string of the molecule is COc1ccc(OC)c(NC(=S)N2CCN(C3CCSCC3)CC2)c1. The smallest absolute Gasteiger partial charge is 0.173 e. The van der Waals surface area contributed by atoms with Gasteiger partial charge in [-0.05, 0) is 48.7 Å². The van der Waals surface area contributed by atoms with Gasteiger partial charge in [0.1, 0.15) is 11.5 Å². The minimum absolute atomic E-state index is 0.755. The molecule has 0 aromatic heterocycles. The van der Waals surface area contributed by atoms with Gasteiger partial charge in [0.15, 0.2) is 5.11 Å². The summed E-state index contributed by atoms with van der Waals surface area (Å²) in [6.45, 7) is 4.13. The van der Waals surface area contributed by atoms with Crippen molar-refractivity contribution < 1.29 is 9.47 Å². The number of anilines is 1. The van der Waals surface area contributed by atoms with Gasteiger partial charge in [0.2, 0.25) is 0 Å². The number of nitrogens with one attached hydrogen (secondary N) is 1. The van der Waals surface area contributed by atoms with Crippen LogP contribution in [-0.2, 0) is 0 Å². The first-order valence-corrected chi connectivity index (χ1v) is 10.4. The van der Waals surface area contributed by atoms with E-state index >= 15 is 0 Å². The summed E-state index contributed by atoms with van der Waals surface area (Å²) in [7, 11) is 3.32. The van der Waals surface area contributed by atoms with E-state index in [1.165, 1.54) is 24.3 Å². The van der Waals surface area contributed by atoms with E-state index in [4.69, 9.17) is 21.7 Å². The number of methoxy groups -OCH3 is 2. The fraction of sp³-hybridized carbons (Fsp3) is 0.611. The number of benzene rings is 1. The maximum absolute atomic E-state index is 5.63. The van der Waals surface area contributed by atoms with E-state index in [2.05, 4.69) is 26.9 Å². The Morgan fingerprint density at radius 1 is 1.12 bits per heavy atom. The first-order chi connectivity index (χ1) is 12.2. The molecule has 2 aliphatic rings. The van der Waals surface area contributed by atoms with Crippen LogP contribution in [0.15, 0.2) is 18.2 Å². The molecule has 0 bridgehead atoms. The highest BCUT2D eigenvalue weighted by Gasteiger charge is 2.26. The highest BCUT2D eigenvalue weighted by atomic mass is 32.2. The summed E-state index contributed by atoms with van der Waals surface area (Å²) in [5.74, 6) is 4.16. The van der Waals surface area contributed by atoms with Gasteiger partial charge in [0, 0.05) is 38.3 Å². The molecule has 0 atom stereocenters. The minimum atomic E-state index is 0.755. The normalized spacial score (nSPS) is 19.5. The van der Waals surface area contributed by atoms with Crippen LogP contribution in [0.25, 0.3) is 0 Å². The van der Waals surface area contributed by atoms with Crippen molar-refractivity contribution in [3.8, 4) is 11.5 Å². The average molecular weight is 382 g/mol. The lowest BCUT2D eigenvalue weighted by molar-refractivity contribution is 0.126. The molecule has 0 radical (unpaired) electrons. The zero-order valence-corrected chi connectivity index (χ0v) is 16.6. The summed E-state index contributed by atoms with van der Waals surface area (Å²) >= 11 is 7.72. The zero-order valence-electron chi connectivity index (χ0n) is 15.0. The fourth-order valence-electron chi connectivity index (χ4n) is 3.45. The van der Waals surface area contributed by atoms with Crippen molar-refractivity contribution >= 4 is 34.8 Å². The van der Waals surface area contributed by atoms with Gasteiger partial charge in [-0.3, -0.25) is 4.90 Å². The van der Waals surface area contributed by atoms with Gasteiger partial charge in [0.25, 0.3) is 0 Å². The summed E-state index contributed by atoms with van der Waals surface area (Å²) in [4.78, 5) is 4.90. The van der Waals surface area contributed by atoms with Crippen molar-refractivity contribution in [2.45, 2.75) is 18.9 Å². The van der Waals surface area contributed by atoms with Crippen LogP contribution in [-0.4, -0.2) is 72.9 Å². The molecule has 7 heteroatoms. The van der Waals surface area contributed by atoms with E-state index in [1.807, 2.05) is 18.2 Å². The summed E-state index contributed by atoms with van der Waals surface area (Å²) in [6, 6.07) is 6.46. The number of ether oxygens (including phenoxy) is 2. The van der Waals surface area contributed by atoms with Crippen molar-refractivity contribution in [1.29, 1.82) is 0 Å². The van der Waals surface area contributed by atoms with Gasteiger partial charge in [-0.25, -0.2) is 0 Å². The van der Waals surface area contributed by atoms with E-state index < -0.39 is 0 Å². The third kappa shape index (κ3) is 4.71. The lowest BCUT2D eigenvalue weighted by Crippen LogP contribution is -2.53. The summed E-state index contributed by atoms with van der Waals surface area (Å²) in [5, 5.41) is 4.09. The van der Waals surface area contributed by atoms with Crippen molar-refractivity contribution in [1.82, 2.24) is 9.80 Å². The van der Waals surface area contributed by atoms with E-state index in [1.54, 1.807) is 14.2 Å². The molecule has 1 aromatic rings. The van der Waals surface area contributed by atoms with Crippen LogP contribution < -0.4 is 14.8 Å². The number of hydrogen-bond acceptors (Lipinski definition) is 5. The van der Waals surface area contributed by atoms with Crippen molar-refractivity contribution in [2.24, 2.45) is 0 Å². The average Bonchev–Trinajstić information content (AvgIpc) is 2.68. The second-order valence-electron chi connectivity index (χ2n) is 6.36. The molecule has 0 saturated carbocycles. The molecule has 2 heterocycles. The monoisotopic (exact) mass is 381 g/mol. The van der Waals surface area contributed by atoms with Crippen LogP contribution in [0.4, 0.5) is 5.69 Å². The Balaban J connectivity index is 1.56. The predicted molar refractivity (Wildman–Crippen MR) is 109 cm³/mol. The number of nitrogens with zero attached hydrogens (tertiary/aromatic N) is 2.